The number of fused-ring (bicyclic) bond motifs is 1. The fourth-order valence-electron chi connectivity index (χ4n) is 5.50. The topological polar surface area (TPSA) is 124 Å². The first kappa shape index (κ1) is 23.6. The maximum atomic E-state index is 12.0. The summed E-state index contributed by atoms with van der Waals surface area (Å²) in [4.78, 5) is 29.6. The quantitative estimate of drug-likeness (QED) is 0.395. The number of carbonyl (C=O) groups excluding carboxylic acids is 1. The molecule has 38 heavy (non-hydrogen) atoms. The van der Waals surface area contributed by atoms with Crippen molar-refractivity contribution < 1.29 is 9.53 Å². The first-order valence-corrected chi connectivity index (χ1v) is 12.4. The lowest BCUT2D eigenvalue weighted by Crippen LogP contribution is -2.59. The molecule has 0 unspecified atom stereocenters. The lowest BCUT2D eigenvalue weighted by molar-refractivity contribution is -0.136. The van der Waals surface area contributed by atoms with Crippen LogP contribution in [-0.4, -0.2) is 62.1 Å². The highest BCUT2D eigenvalue weighted by Gasteiger charge is 2.49. The van der Waals surface area contributed by atoms with E-state index in [2.05, 4.69) is 32.7 Å². The Morgan fingerprint density at radius 2 is 2.13 bits per heavy atom. The van der Waals surface area contributed by atoms with Crippen molar-refractivity contribution in [3.63, 3.8) is 0 Å². The third kappa shape index (κ3) is 4.02. The smallest absolute Gasteiger partial charge is 0.319 e. The maximum absolute atomic E-state index is 12.0. The van der Waals surface area contributed by atoms with Gasteiger partial charge in [-0.2, -0.15) is 20.3 Å². The van der Waals surface area contributed by atoms with Gasteiger partial charge in [0.2, 0.25) is 5.91 Å². The van der Waals surface area contributed by atoms with E-state index >= 15 is 0 Å². The number of amides is 1. The van der Waals surface area contributed by atoms with Crippen LogP contribution in [-0.2, 0) is 11.4 Å². The molecule has 3 aromatic heterocycles. The SMILES string of the molecule is C=CC(=O)N1CC2(CCN(c3nc(OCc4cccnc4)nc(-c4c(C)ccc5[nH]ncc45)c3C#N)C2)C1. The molecular formula is C28H26N8O2. The third-order valence-corrected chi connectivity index (χ3v) is 7.42. The van der Waals surface area contributed by atoms with E-state index in [-0.39, 0.29) is 23.9 Å². The monoisotopic (exact) mass is 506 g/mol. The van der Waals surface area contributed by atoms with Crippen molar-refractivity contribution in [3.05, 3.63) is 72.2 Å². The molecule has 0 aliphatic carbocycles. The molecule has 6 rings (SSSR count). The number of ether oxygens (including phenoxy) is 1. The number of aryl methyl sites for hydroxylation is 1. The van der Waals surface area contributed by atoms with Crippen LogP contribution in [0.3, 0.4) is 0 Å². The Bertz CT molecular complexity index is 1580. The fraction of sp³-hybridized carbons (Fsp3) is 0.286. The molecule has 10 heteroatoms. The summed E-state index contributed by atoms with van der Waals surface area (Å²) >= 11 is 0. The van der Waals surface area contributed by atoms with Crippen LogP contribution in [0.25, 0.3) is 22.2 Å². The van der Waals surface area contributed by atoms with Gasteiger partial charge in [0, 0.05) is 60.5 Å². The van der Waals surface area contributed by atoms with Gasteiger partial charge in [0.15, 0.2) is 5.82 Å². The maximum Gasteiger partial charge on any atom is 0.319 e. The van der Waals surface area contributed by atoms with E-state index in [4.69, 9.17) is 14.7 Å². The van der Waals surface area contributed by atoms with Crippen molar-refractivity contribution in [2.75, 3.05) is 31.1 Å². The zero-order valence-corrected chi connectivity index (χ0v) is 21.0. The molecule has 190 valence electrons. The largest absolute Gasteiger partial charge is 0.458 e. The second kappa shape index (κ2) is 9.27. The first-order valence-electron chi connectivity index (χ1n) is 12.4. The van der Waals surface area contributed by atoms with E-state index in [0.717, 1.165) is 40.6 Å². The van der Waals surface area contributed by atoms with Crippen LogP contribution < -0.4 is 9.64 Å². The number of nitrogens with zero attached hydrogens (tertiary/aromatic N) is 7. The predicted molar refractivity (Wildman–Crippen MR) is 141 cm³/mol. The number of aromatic nitrogens is 5. The molecule has 2 aliphatic rings. The minimum absolute atomic E-state index is 0.0201. The predicted octanol–water partition coefficient (Wildman–Crippen LogP) is 3.40. The average molecular weight is 507 g/mol. The fourth-order valence-corrected chi connectivity index (χ4v) is 5.50. The van der Waals surface area contributed by atoms with Gasteiger partial charge in [-0.15, -0.1) is 0 Å². The van der Waals surface area contributed by atoms with Gasteiger partial charge in [0.05, 0.1) is 17.4 Å². The van der Waals surface area contributed by atoms with Crippen LogP contribution in [0.15, 0.2) is 55.5 Å². The molecule has 0 radical (unpaired) electrons. The van der Waals surface area contributed by atoms with Crippen molar-refractivity contribution in [1.29, 1.82) is 5.26 Å². The number of carbonyl (C=O) groups is 1. The van der Waals surface area contributed by atoms with Crippen LogP contribution >= 0.6 is 0 Å². The summed E-state index contributed by atoms with van der Waals surface area (Å²) in [6.45, 7) is 8.59. The number of rotatable bonds is 6. The average Bonchev–Trinajstić information content (AvgIpc) is 3.58. The van der Waals surface area contributed by atoms with Gasteiger partial charge in [-0.3, -0.25) is 14.9 Å². The van der Waals surface area contributed by atoms with Crippen LogP contribution in [0.1, 0.15) is 23.1 Å². The summed E-state index contributed by atoms with van der Waals surface area (Å²) in [7, 11) is 0. The van der Waals surface area contributed by atoms with Crippen molar-refractivity contribution in [2.24, 2.45) is 5.41 Å². The number of likely N-dealkylation sites (tertiary alicyclic amines) is 1. The number of benzene rings is 1. The normalized spacial score (nSPS) is 15.9. The second-order valence-electron chi connectivity index (χ2n) is 9.97. The highest BCUT2D eigenvalue weighted by atomic mass is 16.5. The highest BCUT2D eigenvalue weighted by molar-refractivity contribution is 5.97. The Hall–Kier alpha value is -4.78. The van der Waals surface area contributed by atoms with E-state index in [9.17, 15) is 10.1 Å². The van der Waals surface area contributed by atoms with E-state index in [1.807, 2.05) is 31.2 Å². The van der Waals surface area contributed by atoms with Crippen LogP contribution in [0.2, 0.25) is 0 Å². The minimum atomic E-state index is -0.0501. The molecule has 1 spiro atoms. The first-order chi connectivity index (χ1) is 18.5. The van der Waals surface area contributed by atoms with E-state index < -0.39 is 0 Å². The Morgan fingerprint density at radius 1 is 1.26 bits per heavy atom. The number of H-pyrrole nitrogens is 1. The minimum Gasteiger partial charge on any atom is -0.458 e. The molecule has 1 amide bonds. The molecule has 4 aromatic rings. The van der Waals surface area contributed by atoms with Crippen molar-refractivity contribution in [1.82, 2.24) is 30.0 Å². The molecule has 0 saturated carbocycles. The Morgan fingerprint density at radius 3 is 2.89 bits per heavy atom. The zero-order valence-electron chi connectivity index (χ0n) is 21.0. The van der Waals surface area contributed by atoms with Crippen LogP contribution in [0.5, 0.6) is 6.01 Å². The molecule has 10 nitrogen and oxygen atoms in total. The molecule has 2 saturated heterocycles. The number of aromatic amines is 1. The number of hydrogen-bond donors (Lipinski definition) is 1. The summed E-state index contributed by atoms with van der Waals surface area (Å²) in [6, 6.07) is 10.3. The highest BCUT2D eigenvalue weighted by Crippen LogP contribution is 2.43. The van der Waals surface area contributed by atoms with Crippen molar-refractivity contribution >= 4 is 22.6 Å². The van der Waals surface area contributed by atoms with Crippen molar-refractivity contribution in [3.8, 4) is 23.3 Å². The summed E-state index contributed by atoms with van der Waals surface area (Å²) < 4.78 is 6.06. The standard InChI is InChI=1S/C28H26N8O2/c1-3-23(37)36-16-28(17-36)8-10-35(15-28)26-20(11-29)25(24-18(2)6-7-22-21(24)13-31-34-22)32-27(33-26)38-14-19-5-4-9-30-12-19/h3-7,9,12-13H,1,8,10,14-17H2,2H3,(H,31,34). The Labute approximate surface area is 219 Å². The van der Waals surface area contributed by atoms with Gasteiger partial charge in [-0.05, 0) is 37.1 Å². The number of nitrogens with one attached hydrogen (secondary N) is 1. The van der Waals surface area contributed by atoms with E-state index in [1.54, 1.807) is 23.5 Å². The third-order valence-electron chi connectivity index (χ3n) is 7.42. The Kier molecular flexibility index (Phi) is 5.76. The van der Waals surface area contributed by atoms with Gasteiger partial charge in [0.1, 0.15) is 18.2 Å². The van der Waals surface area contributed by atoms with Gasteiger partial charge in [-0.1, -0.05) is 18.7 Å². The summed E-state index contributed by atoms with van der Waals surface area (Å²) in [5.74, 6) is 0.495. The molecule has 1 N–H and O–H groups in total. The summed E-state index contributed by atoms with van der Waals surface area (Å²) in [5.41, 5.74) is 4.42. The molecule has 1 aromatic carbocycles. The van der Waals surface area contributed by atoms with Gasteiger partial charge in [0.25, 0.3) is 0 Å². The number of hydrogen-bond acceptors (Lipinski definition) is 8. The number of nitriles is 1. The molecular weight excluding hydrogens is 480 g/mol. The van der Waals surface area contributed by atoms with Gasteiger partial charge >= 0.3 is 6.01 Å². The molecule has 5 heterocycles. The molecule has 2 fully saturated rings. The van der Waals surface area contributed by atoms with Gasteiger partial charge < -0.3 is 14.5 Å². The zero-order chi connectivity index (χ0) is 26.3. The lowest BCUT2D eigenvalue weighted by atomic mass is 9.79. The van der Waals surface area contributed by atoms with Crippen LogP contribution in [0.4, 0.5) is 5.82 Å². The summed E-state index contributed by atoms with van der Waals surface area (Å²) in [5, 5.41) is 18.5. The number of pyridine rings is 1. The molecule has 0 atom stereocenters. The Balaban J connectivity index is 1.41. The summed E-state index contributed by atoms with van der Waals surface area (Å²) in [6.07, 6.45) is 7.45. The van der Waals surface area contributed by atoms with Gasteiger partial charge in [-0.25, -0.2) is 0 Å². The molecule has 2 aliphatic heterocycles. The van der Waals surface area contributed by atoms with E-state index in [1.165, 1.54) is 6.08 Å². The lowest BCUT2D eigenvalue weighted by Gasteiger charge is -2.47. The van der Waals surface area contributed by atoms with E-state index in [0.29, 0.717) is 36.7 Å². The second-order valence-corrected chi connectivity index (χ2v) is 9.97. The number of anilines is 1. The van der Waals surface area contributed by atoms with Crippen LogP contribution in [0, 0.1) is 23.7 Å². The molecule has 0 bridgehead atoms. The van der Waals surface area contributed by atoms with Crippen molar-refractivity contribution in [2.45, 2.75) is 20.0 Å².